The fourth-order valence-electron chi connectivity index (χ4n) is 9.70. The molecule has 628 valence electrons. The lowest BCUT2D eigenvalue weighted by Gasteiger charge is -2.19. The quantitative estimate of drug-likeness (QED) is 0.00379. The molecule has 0 aliphatic heterocycles. The van der Waals surface area contributed by atoms with Crippen molar-refractivity contribution in [1.82, 2.24) is 43.2 Å². The van der Waals surface area contributed by atoms with Crippen LogP contribution in [0.4, 0.5) is 34.1 Å². The lowest BCUT2D eigenvalue weighted by atomic mass is 10.1. The molecule has 0 spiro atoms. The molecular weight excluding hydrogens is 2020 g/mol. The van der Waals surface area contributed by atoms with E-state index in [4.69, 9.17) is 76.8 Å². The topological polar surface area (TPSA) is 569 Å². The smallest absolute Gasteiger partial charge is 0.295 e. The molecule has 0 fully saturated rings. The summed E-state index contributed by atoms with van der Waals surface area (Å²) in [4.78, 5) is 51.0. The summed E-state index contributed by atoms with van der Waals surface area (Å²) >= 11 is 45.6. The molecule has 0 radical (unpaired) electrons. The summed E-state index contributed by atoms with van der Waals surface area (Å²) in [7, 11) is -20.0. The van der Waals surface area contributed by atoms with Crippen LogP contribution in [-0.2, 0) is 64.4 Å². The number of benzene rings is 8. The fraction of sp³-hybridized carbons (Fsp3) is 0.0882. The number of anilines is 6. The minimum Gasteiger partial charge on any atom is -0.506 e. The van der Waals surface area contributed by atoms with Crippen molar-refractivity contribution in [2.75, 3.05) is 58.2 Å². The molecule has 2 atom stereocenters. The number of carbonyl (C=O) groups excluding carboxylic acids is 4. The normalized spacial score (nSPS) is 12.3. The van der Waals surface area contributed by atoms with Crippen LogP contribution in [0.25, 0.3) is 24.3 Å². The van der Waals surface area contributed by atoms with Crippen LogP contribution in [0.5, 0.6) is 23.0 Å². The zero-order valence-corrected chi connectivity index (χ0v) is 73.8. The lowest BCUT2D eigenvalue weighted by molar-refractivity contribution is -0.132. The number of halogens is 6. The number of phenolic OH excluding ortho intramolecular Hbond substituents is 4. The molecule has 4 amide bonds. The Morgan fingerprint density at radius 1 is 0.387 bits per heavy atom. The maximum Gasteiger partial charge on any atom is 0.295 e. The van der Waals surface area contributed by atoms with Crippen LogP contribution in [0, 0.1) is 0 Å². The first-order valence-corrected chi connectivity index (χ1v) is 44.0. The van der Waals surface area contributed by atoms with Crippen LogP contribution in [0.15, 0.2) is 181 Å². The SMILES string of the molecule is O=C(N/N=C\c1cc(Br)c(O)c(Br)c1O)C(Nc1ccc(Cl)cc1)C(=O)NNC(=S)Nc1ccc(/C=C/c2ccc(NC(=S)NCCOCCNC(=S)Nc3ccc(/C=C/c4ccc(NC(=S)NNC(=O)C(Nc5ccc(Cl)cc5)C(=O)N/N=C\c5cc(Br)c(O)c(Br)c5O)cc4S(=O)(=O)O)c(S(=O)(=O)O)c3)cc2S(=O)(=O)O)c(S(=O)(=O)O)c1. The van der Waals surface area contributed by atoms with Gasteiger partial charge in [-0.1, -0.05) is 71.8 Å². The number of nitrogens with zero attached hydrogens (tertiary/aromatic N) is 2. The zero-order chi connectivity index (χ0) is 87.4. The average Bonchev–Trinajstić information content (AvgIpc) is 0.806. The van der Waals surface area contributed by atoms with Gasteiger partial charge in [0.05, 0.1) is 34.6 Å². The number of hydrogen-bond acceptors (Lipinski definition) is 25. The Labute approximate surface area is 741 Å². The Balaban J connectivity index is 0.793. The van der Waals surface area contributed by atoms with Gasteiger partial charge in [0.25, 0.3) is 64.1 Å². The third-order valence-corrected chi connectivity index (χ3v) is 23.0. The second-order valence-corrected chi connectivity index (χ2v) is 35.0. The molecule has 51 heteroatoms. The minimum absolute atomic E-state index is 0.0195. The number of nitrogens with one attached hydrogen (secondary N) is 14. The van der Waals surface area contributed by atoms with E-state index in [9.17, 15) is 91.5 Å². The van der Waals surface area contributed by atoms with Crippen LogP contribution in [0.1, 0.15) is 33.4 Å². The molecule has 22 N–H and O–H groups in total. The maximum absolute atomic E-state index is 13.5. The lowest BCUT2D eigenvalue weighted by Crippen LogP contribution is -2.54. The van der Waals surface area contributed by atoms with Crippen molar-refractivity contribution in [3.05, 3.63) is 195 Å². The summed E-state index contributed by atoms with van der Waals surface area (Å²) in [6.07, 6.45) is 6.59. The first-order valence-electron chi connectivity index (χ1n) is 32.7. The van der Waals surface area contributed by atoms with Crippen molar-refractivity contribution in [2.24, 2.45) is 10.2 Å². The number of amides is 4. The molecule has 8 aromatic rings. The van der Waals surface area contributed by atoms with Crippen LogP contribution in [-0.4, -0.2) is 167 Å². The van der Waals surface area contributed by atoms with Crippen molar-refractivity contribution < 1.29 is 96.2 Å². The number of rotatable bonds is 30. The van der Waals surface area contributed by atoms with E-state index in [1.165, 1.54) is 109 Å². The van der Waals surface area contributed by atoms with E-state index in [-0.39, 0.29) is 144 Å². The number of hydrogen-bond donors (Lipinski definition) is 22. The number of phenols is 4. The molecule has 2 unspecified atom stereocenters. The summed E-state index contributed by atoms with van der Waals surface area (Å²) in [6.45, 7) is 0.300. The van der Waals surface area contributed by atoms with E-state index >= 15 is 0 Å². The Kier molecular flexibility index (Phi) is 33.7. The third kappa shape index (κ3) is 28.1. The summed E-state index contributed by atoms with van der Waals surface area (Å²) in [5.74, 6) is -5.56. The molecule has 8 aromatic carbocycles. The highest BCUT2D eigenvalue weighted by atomic mass is 79.9. The highest BCUT2D eigenvalue weighted by molar-refractivity contribution is 9.11. The van der Waals surface area contributed by atoms with Crippen LogP contribution in [0.3, 0.4) is 0 Å². The van der Waals surface area contributed by atoms with E-state index in [1.807, 2.05) is 0 Å². The van der Waals surface area contributed by atoms with Gasteiger partial charge in [-0.25, -0.2) is 10.9 Å². The van der Waals surface area contributed by atoms with Crippen molar-refractivity contribution in [3.63, 3.8) is 0 Å². The number of aromatic hydroxyl groups is 4. The molecule has 119 heavy (non-hydrogen) atoms. The maximum atomic E-state index is 13.5. The van der Waals surface area contributed by atoms with Crippen LogP contribution in [0.2, 0.25) is 10.0 Å². The molecule has 0 heterocycles. The summed E-state index contributed by atoms with van der Waals surface area (Å²) in [5.41, 5.74) is 13.5. The van der Waals surface area contributed by atoms with Crippen molar-refractivity contribution in [3.8, 4) is 23.0 Å². The Bertz CT molecular complexity index is 5580. The molecule has 0 aliphatic carbocycles. The van der Waals surface area contributed by atoms with Gasteiger partial charge in [-0.2, -0.15) is 43.9 Å². The number of hydrazone groups is 2. The standard InChI is InChI=1S/C68H60Br4Cl2N16O21S8/c69-47-25-37(57(91)53(71)59(47)93)31-77-85-61(95)55(79-41-17-9-39(73)10-18-41)63(97)87-89-67(114)83-45-15-7-35(51(29-45)118(105,106)107)3-1-33-5-13-43(27-49(33)116(99,100)101)81-65(112)75-21-23-111-24-22-76-66(113)82-44-14-6-34(50(28-44)117(102,103)104)2-4-36-8-16-46(30-52(36)119(108,109)110)84-68(115)90-88-64(98)56(80-42-19-11-40(74)12-20-42)62(96)86-78-32-38-26-48(70)60(94)54(72)58(38)92/h1-20,25-32,55-56,79-80,91-94H,21-24H2,(H,85,95)(H,86,96)(H,87,97)(H,88,98)(H2,75,81,112)(H2,76,82,113)(H2,83,89,114)(H2,84,90,115)(H,99,100,101)(H,102,103,104)(H,105,106,107)(H,108,109,110)/b3-1+,4-2+,77-31-,78-32-. The molecule has 37 nitrogen and oxygen atoms in total. The third-order valence-electron chi connectivity index (χ3n) is 15.3. The van der Waals surface area contributed by atoms with Crippen LogP contribution < -0.4 is 75.1 Å². The largest absolute Gasteiger partial charge is 0.506 e. The predicted molar refractivity (Wildman–Crippen MR) is 477 cm³/mol. The Morgan fingerprint density at radius 2 is 0.664 bits per heavy atom. The molecule has 0 saturated heterocycles. The van der Waals surface area contributed by atoms with Crippen molar-refractivity contribution in [1.29, 1.82) is 0 Å². The van der Waals surface area contributed by atoms with E-state index in [0.29, 0.717) is 10.0 Å². The van der Waals surface area contributed by atoms with E-state index in [0.717, 1.165) is 61.0 Å². The van der Waals surface area contributed by atoms with Gasteiger partial charge in [0.15, 0.2) is 32.5 Å². The molecule has 0 bridgehead atoms. The number of hydrazine groups is 2. The molecule has 0 aliphatic rings. The molecular formula is C68H60Br4Cl2N16O21S8. The van der Waals surface area contributed by atoms with Gasteiger partial charge in [-0.3, -0.25) is 59.1 Å². The Hall–Kier alpha value is -9.88. The molecule has 0 saturated carbocycles. The van der Waals surface area contributed by atoms with Crippen molar-refractivity contribution in [2.45, 2.75) is 31.7 Å². The summed E-state index contributed by atoms with van der Waals surface area (Å²) in [5, 5.41) is 70.3. The minimum atomic E-state index is -5.04. The number of ether oxygens (including phenoxy) is 1. The number of thiocarbonyl (C=S) groups is 4. The highest BCUT2D eigenvalue weighted by Gasteiger charge is 2.30. The first kappa shape index (κ1) is 94.6. The van der Waals surface area contributed by atoms with Gasteiger partial charge in [-0.05, 0) is 244 Å². The molecule has 8 rings (SSSR count). The van der Waals surface area contributed by atoms with Gasteiger partial charge in [0.1, 0.15) is 51.5 Å². The Morgan fingerprint density at radius 3 is 0.950 bits per heavy atom. The van der Waals surface area contributed by atoms with Crippen LogP contribution >= 0.6 is 136 Å². The molecule has 0 aromatic heterocycles. The predicted octanol–water partition coefficient (Wildman–Crippen LogP) is 9.38. The summed E-state index contributed by atoms with van der Waals surface area (Å²) in [6, 6.07) is 25.1. The first-order chi connectivity index (χ1) is 55.9. The zero-order valence-electron chi connectivity index (χ0n) is 59.5. The second-order valence-electron chi connectivity index (χ2n) is 23.6. The summed E-state index contributed by atoms with van der Waals surface area (Å²) < 4.78 is 148. The second kappa shape index (κ2) is 42.4. The van der Waals surface area contributed by atoms with Gasteiger partial charge in [-0.15, -0.1) is 0 Å². The average molecular weight is 2080 g/mol. The van der Waals surface area contributed by atoms with Gasteiger partial charge in [0.2, 0.25) is 0 Å². The highest BCUT2D eigenvalue weighted by Crippen LogP contribution is 2.42. The van der Waals surface area contributed by atoms with E-state index < -0.39 is 107 Å². The fourth-order valence-corrected chi connectivity index (χ4v) is 15.9. The van der Waals surface area contributed by atoms with Gasteiger partial charge in [0, 0.05) is 68.4 Å². The monoisotopic (exact) mass is 2080 g/mol. The van der Waals surface area contributed by atoms with Crippen molar-refractivity contribution >= 4 is 291 Å². The number of carbonyl (C=O) groups is 4. The van der Waals surface area contributed by atoms with Gasteiger partial charge >= 0.3 is 0 Å². The van der Waals surface area contributed by atoms with Gasteiger partial charge < -0.3 is 67.7 Å². The van der Waals surface area contributed by atoms with E-state index in [1.54, 1.807) is 0 Å². The van der Waals surface area contributed by atoms with E-state index in [2.05, 4.69) is 149 Å².